The van der Waals surface area contributed by atoms with Gasteiger partial charge in [0.05, 0.1) is 0 Å². The van der Waals surface area contributed by atoms with Crippen molar-refractivity contribution in [3.8, 4) is 0 Å². The quantitative estimate of drug-likeness (QED) is 0.762. The molecule has 1 aromatic rings. The Bertz CT molecular complexity index is 499. The molecule has 1 amide bonds. The van der Waals surface area contributed by atoms with Crippen LogP contribution in [0.25, 0.3) is 0 Å². The summed E-state index contributed by atoms with van der Waals surface area (Å²) in [4.78, 5) is 28.8. The summed E-state index contributed by atoms with van der Waals surface area (Å²) < 4.78 is 0. The normalized spacial score (nSPS) is 24.1. The third kappa shape index (κ3) is 2.61. The summed E-state index contributed by atoms with van der Waals surface area (Å²) >= 11 is 0. The minimum absolute atomic E-state index is 0.184. The van der Waals surface area contributed by atoms with Crippen LogP contribution in [-0.4, -0.2) is 41.0 Å². The van der Waals surface area contributed by atoms with E-state index in [9.17, 15) is 9.59 Å². The van der Waals surface area contributed by atoms with Gasteiger partial charge in [0.25, 0.3) is 5.91 Å². The van der Waals surface area contributed by atoms with Crippen molar-refractivity contribution < 1.29 is 4.79 Å². The minimum atomic E-state index is -0.213. The molecule has 98 valence electrons. The van der Waals surface area contributed by atoms with Gasteiger partial charge in [-0.3, -0.25) is 9.59 Å². The molecule has 0 radical (unpaired) electrons. The lowest BCUT2D eigenvalue weighted by atomic mass is 10.1. The van der Waals surface area contributed by atoms with Crippen LogP contribution in [0.1, 0.15) is 29.9 Å². The Morgan fingerprint density at radius 2 is 1.94 bits per heavy atom. The number of piperazine rings is 1. The summed E-state index contributed by atoms with van der Waals surface area (Å²) in [5.41, 5.74) is 0.774. The third-order valence-electron chi connectivity index (χ3n) is 3.13. The van der Waals surface area contributed by atoms with E-state index in [0.717, 1.165) is 5.69 Å². The Balaban J connectivity index is 2.23. The van der Waals surface area contributed by atoms with E-state index in [-0.39, 0.29) is 29.0 Å². The molecule has 0 saturated carbocycles. The molecule has 0 bridgehead atoms. The van der Waals surface area contributed by atoms with Crippen LogP contribution in [0.3, 0.4) is 0 Å². The topological polar surface area (TPSA) is 65.2 Å². The Morgan fingerprint density at radius 3 is 2.50 bits per heavy atom. The number of H-pyrrole nitrogens is 1. The van der Waals surface area contributed by atoms with Crippen molar-refractivity contribution in [1.82, 2.24) is 15.2 Å². The van der Waals surface area contributed by atoms with Crippen molar-refractivity contribution in [2.75, 3.05) is 13.1 Å². The van der Waals surface area contributed by atoms with E-state index in [1.165, 1.54) is 12.3 Å². The summed E-state index contributed by atoms with van der Waals surface area (Å²) in [6.45, 7) is 7.14. The zero-order valence-corrected chi connectivity index (χ0v) is 11.0. The van der Waals surface area contributed by atoms with E-state index in [1.807, 2.05) is 13.8 Å². The monoisotopic (exact) mass is 249 g/mol. The van der Waals surface area contributed by atoms with Gasteiger partial charge in [-0.25, -0.2) is 0 Å². The highest BCUT2D eigenvalue weighted by Gasteiger charge is 2.26. The van der Waals surface area contributed by atoms with Gasteiger partial charge >= 0.3 is 0 Å². The van der Waals surface area contributed by atoms with E-state index >= 15 is 0 Å². The largest absolute Gasteiger partial charge is 0.364 e. The van der Waals surface area contributed by atoms with Gasteiger partial charge in [-0.2, -0.15) is 0 Å². The fourth-order valence-corrected chi connectivity index (χ4v) is 2.40. The van der Waals surface area contributed by atoms with E-state index in [0.29, 0.717) is 13.1 Å². The first-order chi connectivity index (χ1) is 8.47. The molecule has 1 aromatic heterocycles. The summed E-state index contributed by atoms with van der Waals surface area (Å²) in [5, 5.41) is 3.36. The lowest BCUT2D eigenvalue weighted by molar-refractivity contribution is 0.0672. The average Bonchev–Trinajstić information content (AvgIpc) is 2.26. The summed E-state index contributed by atoms with van der Waals surface area (Å²) in [6.07, 6.45) is 1.51. The van der Waals surface area contributed by atoms with Crippen molar-refractivity contribution in [1.29, 1.82) is 0 Å². The fraction of sp³-hybridized carbons (Fsp3) is 0.538. The average molecular weight is 249 g/mol. The molecule has 2 atom stereocenters. The molecule has 5 heteroatoms. The number of nitrogens with zero attached hydrogens (tertiary/aromatic N) is 1. The van der Waals surface area contributed by atoms with Crippen LogP contribution in [0, 0.1) is 6.92 Å². The predicted octanol–water partition coefficient (Wildman–Crippen LogP) is 0.506. The molecule has 0 spiro atoms. The van der Waals surface area contributed by atoms with Gasteiger partial charge in [0.1, 0.15) is 5.56 Å². The highest BCUT2D eigenvalue weighted by molar-refractivity contribution is 5.94. The van der Waals surface area contributed by atoms with Crippen LogP contribution >= 0.6 is 0 Å². The highest BCUT2D eigenvalue weighted by Crippen LogP contribution is 2.07. The van der Waals surface area contributed by atoms with Crippen LogP contribution in [0.2, 0.25) is 0 Å². The maximum Gasteiger partial charge on any atom is 0.259 e. The zero-order valence-electron chi connectivity index (χ0n) is 11.0. The van der Waals surface area contributed by atoms with Crippen molar-refractivity contribution in [2.45, 2.75) is 32.9 Å². The van der Waals surface area contributed by atoms with Gasteiger partial charge in [0, 0.05) is 43.1 Å². The maximum absolute atomic E-state index is 12.3. The van der Waals surface area contributed by atoms with Gasteiger partial charge in [0.2, 0.25) is 0 Å². The summed E-state index contributed by atoms with van der Waals surface area (Å²) in [5.74, 6) is -0.184. The van der Waals surface area contributed by atoms with Gasteiger partial charge in [0.15, 0.2) is 5.43 Å². The fourth-order valence-electron chi connectivity index (χ4n) is 2.40. The first kappa shape index (κ1) is 12.8. The second-order valence-electron chi connectivity index (χ2n) is 5.07. The van der Waals surface area contributed by atoms with E-state index < -0.39 is 0 Å². The number of pyridine rings is 1. The first-order valence-corrected chi connectivity index (χ1v) is 6.22. The molecular formula is C13H19N3O2. The number of carbonyl (C=O) groups excluding carboxylic acids is 1. The molecule has 1 aliphatic rings. The Labute approximate surface area is 106 Å². The van der Waals surface area contributed by atoms with Gasteiger partial charge in [-0.1, -0.05) is 0 Å². The van der Waals surface area contributed by atoms with Crippen LogP contribution in [0.4, 0.5) is 0 Å². The molecule has 0 aromatic carbocycles. The molecular weight excluding hydrogens is 230 g/mol. The van der Waals surface area contributed by atoms with Gasteiger partial charge in [-0.15, -0.1) is 0 Å². The predicted molar refractivity (Wildman–Crippen MR) is 69.8 cm³/mol. The second kappa shape index (κ2) is 4.94. The van der Waals surface area contributed by atoms with E-state index in [1.54, 1.807) is 11.8 Å². The molecule has 2 rings (SSSR count). The highest BCUT2D eigenvalue weighted by atomic mass is 16.2. The molecule has 5 nitrogen and oxygen atoms in total. The third-order valence-corrected chi connectivity index (χ3v) is 3.13. The number of rotatable bonds is 1. The lowest BCUT2D eigenvalue weighted by Crippen LogP contribution is -2.56. The number of hydrogen-bond acceptors (Lipinski definition) is 3. The molecule has 1 fully saturated rings. The molecule has 2 heterocycles. The molecule has 2 unspecified atom stereocenters. The number of aryl methyl sites for hydroxylation is 1. The number of amides is 1. The van der Waals surface area contributed by atoms with Crippen molar-refractivity contribution in [3.63, 3.8) is 0 Å². The van der Waals surface area contributed by atoms with Crippen molar-refractivity contribution in [2.24, 2.45) is 0 Å². The maximum atomic E-state index is 12.3. The molecule has 18 heavy (non-hydrogen) atoms. The van der Waals surface area contributed by atoms with E-state index in [2.05, 4.69) is 10.3 Å². The molecule has 1 aliphatic heterocycles. The number of carbonyl (C=O) groups is 1. The van der Waals surface area contributed by atoms with Crippen molar-refractivity contribution >= 4 is 5.91 Å². The molecule has 2 N–H and O–H groups in total. The number of aromatic amines is 1. The summed E-state index contributed by atoms with van der Waals surface area (Å²) in [7, 11) is 0. The van der Waals surface area contributed by atoms with Gasteiger partial charge in [-0.05, 0) is 20.8 Å². The number of aromatic nitrogens is 1. The summed E-state index contributed by atoms with van der Waals surface area (Å²) in [6, 6.07) is 1.96. The van der Waals surface area contributed by atoms with Crippen LogP contribution < -0.4 is 10.7 Å². The zero-order chi connectivity index (χ0) is 13.3. The second-order valence-corrected chi connectivity index (χ2v) is 5.07. The molecule has 0 aliphatic carbocycles. The van der Waals surface area contributed by atoms with Crippen LogP contribution in [0.5, 0.6) is 0 Å². The SMILES string of the molecule is Cc1cc(=O)c(C(=O)N2CC(C)NC(C)C2)c[nH]1. The van der Waals surface area contributed by atoms with E-state index in [4.69, 9.17) is 0 Å². The van der Waals surface area contributed by atoms with Crippen LogP contribution in [-0.2, 0) is 0 Å². The van der Waals surface area contributed by atoms with Crippen LogP contribution in [0.15, 0.2) is 17.1 Å². The smallest absolute Gasteiger partial charge is 0.259 e. The Hall–Kier alpha value is -1.62. The minimum Gasteiger partial charge on any atom is -0.364 e. The lowest BCUT2D eigenvalue weighted by Gasteiger charge is -2.36. The number of nitrogens with one attached hydrogen (secondary N) is 2. The Morgan fingerprint density at radius 1 is 1.33 bits per heavy atom. The standard InChI is InChI=1S/C13H19N3O2/c1-8-4-12(17)11(5-14-8)13(18)16-6-9(2)15-10(3)7-16/h4-5,9-10,15H,6-7H2,1-3H3,(H,14,17). The van der Waals surface area contributed by atoms with Crippen molar-refractivity contribution in [3.05, 3.63) is 33.7 Å². The number of hydrogen-bond donors (Lipinski definition) is 2. The molecule has 1 saturated heterocycles. The first-order valence-electron chi connectivity index (χ1n) is 6.22. The van der Waals surface area contributed by atoms with Gasteiger partial charge < -0.3 is 15.2 Å². The Kier molecular flexibility index (Phi) is 3.52.